The van der Waals surface area contributed by atoms with Crippen LogP contribution >= 0.6 is 11.6 Å². The highest BCUT2D eigenvalue weighted by atomic mass is 35.5. The van der Waals surface area contributed by atoms with Gasteiger partial charge in [-0.15, -0.1) is 0 Å². The molecule has 9 heteroatoms. The number of ether oxygens (including phenoxy) is 1. The van der Waals surface area contributed by atoms with Gasteiger partial charge in [0.25, 0.3) is 0 Å². The van der Waals surface area contributed by atoms with Gasteiger partial charge < -0.3 is 10.1 Å². The number of carbonyl (C=O) groups excluding carboxylic acids is 1. The van der Waals surface area contributed by atoms with E-state index in [2.05, 4.69) is 10.0 Å². The molecule has 0 unspecified atom stereocenters. The first-order valence-electron chi connectivity index (χ1n) is 7.93. The van der Waals surface area contributed by atoms with E-state index < -0.39 is 33.0 Å². The molecule has 0 aliphatic heterocycles. The number of carbonyl (C=O) groups is 1. The van der Waals surface area contributed by atoms with Crippen molar-refractivity contribution in [2.24, 2.45) is 0 Å². The van der Waals surface area contributed by atoms with Gasteiger partial charge in [-0.25, -0.2) is 12.8 Å². The number of methoxy groups -OCH3 is 1. The summed E-state index contributed by atoms with van der Waals surface area (Å²) < 4.78 is 45.6. The van der Waals surface area contributed by atoms with E-state index in [0.717, 1.165) is 12.1 Å². The van der Waals surface area contributed by atoms with Gasteiger partial charge in [-0.1, -0.05) is 11.6 Å². The van der Waals surface area contributed by atoms with Crippen molar-refractivity contribution in [1.82, 2.24) is 4.72 Å². The fourth-order valence-electron chi connectivity index (χ4n) is 2.29. The second kappa shape index (κ2) is 8.24. The maximum Gasteiger partial charge on any atom is 0.245 e. The predicted octanol–water partition coefficient (Wildman–Crippen LogP) is 3.32. The zero-order valence-electron chi connectivity index (χ0n) is 15.0. The molecule has 2 N–H and O–H groups in total. The van der Waals surface area contributed by atoms with Crippen molar-refractivity contribution in [2.75, 3.05) is 12.4 Å². The summed E-state index contributed by atoms with van der Waals surface area (Å²) in [4.78, 5) is 12.5. The molecular formula is C18H20ClFN2O4S. The van der Waals surface area contributed by atoms with Crippen LogP contribution in [-0.2, 0) is 20.6 Å². The molecule has 0 bridgehead atoms. The van der Waals surface area contributed by atoms with Crippen molar-refractivity contribution in [3.8, 4) is 5.75 Å². The van der Waals surface area contributed by atoms with Crippen molar-refractivity contribution >= 4 is 33.2 Å². The molecule has 0 atom stereocenters. The summed E-state index contributed by atoms with van der Waals surface area (Å²) in [6.07, 6.45) is 0. The maximum atomic E-state index is 13.3. The van der Waals surface area contributed by atoms with E-state index >= 15 is 0 Å². The molecule has 0 radical (unpaired) electrons. The molecule has 2 aromatic carbocycles. The summed E-state index contributed by atoms with van der Waals surface area (Å²) in [5.74, 6) is -1.08. The highest BCUT2D eigenvalue weighted by Crippen LogP contribution is 2.21. The third kappa shape index (κ3) is 5.92. The quantitative estimate of drug-likeness (QED) is 0.727. The number of nitrogens with one attached hydrogen (secondary N) is 2. The lowest BCUT2D eigenvalue weighted by Crippen LogP contribution is -2.52. The van der Waals surface area contributed by atoms with Crippen LogP contribution in [0.1, 0.15) is 19.4 Å². The van der Waals surface area contributed by atoms with Gasteiger partial charge in [0.1, 0.15) is 17.1 Å². The molecule has 27 heavy (non-hydrogen) atoms. The van der Waals surface area contributed by atoms with Crippen LogP contribution in [0.15, 0.2) is 42.5 Å². The monoisotopic (exact) mass is 414 g/mol. The van der Waals surface area contributed by atoms with Crippen LogP contribution in [0.5, 0.6) is 5.75 Å². The number of hydrogen-bond donors (Lipinski definition) is 2. The Morgan fingerprint density at radius 3 is 2.41 bits per heavy atom. The topological polar surface area (TPSA) is 84.5 Å². The zero-order valence-corrected chi connectivity index (χ0v) is 16.6. The summed E-state index contributed by atoms with van der Waals surface area (Å²) in [7, 11) is -2.44. The molecule has 6 nitrogen and oxygen atoms in total. The Kier molecular flexibility index (Phi) is 6.46. The first-order chi connectivity index (χ1) is 12.5. The van der Waals surface area contributed by atoms with E-state index in [0.29, 0.717) is 11.4 Å². The lowest BCUT2D eigenvalue weighted by atomic mass is 10.1. The molecule has 146 valence electrons. The summed E-state index contributed by atoms with van der Waals surface area (Å²) >= 11 is 5.92. The Balaban J connectivity index is 2.10. The predicted molar refractivity (Wildman–Crippen MR) is 103 cm³/mol. The van der Waals surface area contributed by atoms with Crippen molar-refractivity contribution in [2.45, 2.75) is 25.1 Å². The molecule has 0 fully saturated rings. The minimum atomic E-state index is -3.96. The summed E-state index contributed by atoms with van der Waals surface area (Å²) in [5, 5.41) is 2.76. The zero-order chi connectivity index (χ0) is 20.2. The fourth-order valence-corrected chi connectivity index (χ4v) is 4.15. The largest absolute Gasteiger partial charge is 0.497 e. The van der Waals surface area contributed by atoms with Crippen LogP contribution in [0.3, 0.4) is 0 Å². The van der Waals surface area contributed by atoms with Crippen LogP contribution in [0.4, 0.5) is 10.1 Å². The molecule has 0 aliphatic rings. The van der Waals surface area contributed by atoms with Crippen LogP contribution in [-0.4, -0.2) is 27.0 Å². The minimum absolute atomic E-state index is 0.107. The Bertz CT molecular complexity index is 931. The number of benzene rings is 2. The van der Waals surface area contributed by atoms with Gasteiger partial charge >= 0.3 is 0 Å². The van der Waals surface area contributed by atoms with Crippen LogP contribution in [0.25, 0.3) is 0 Å². The van der Waals surface area contributed by atoms with E-state index in [1.807, 2.05) is 0 Å². The molecule has 0 spiro atoms. The van der Waals surface area contributed by atoms with Gasteiger partial charge in [0.2, 0.25) is 15.9 Å². The molecule has 2 rings (SSSR count). The van der Waals surface area contributed by atoms with Gasteiger partial charge in [-0.2, -0.15) is 4.72 Å². The summed E-state index contributed by atoms with van der Waals surface area (Å²) in [5.41, 5.74) is -0.852. The third-order valence-corrected chi connectivity index (χ3v) is 5.56. The first kappa shape index (κ1) is 21.1. The van der Waals surface area contributed by atoms with Gasteiger partial charge in [-0.05, 0) is 61.9 Å². The maximum absolute atomic E-state index is 13.3. The highest BCUT2D eigenvalue weighted by Gasteiger charge is 2.33. The Morgan fingerprint density at radius 1 is 1.19 bits per heavy atom. The van der Waals surface area contributed by atoms with Gasteiger partial charge in [-0.3, -0.25) is 4.79 Å². The second-order valence-electron chi connectivity index (χ2n) is 6.40. The Labute approximate surface area is 162 Å². The van der Waals surface area contributed by atoms with Crippen LogP contribution < -0.4 is 14.8 Å². The standard InChI is InChI=1S/C18H20ClFN2O4S/c1-18(2,17(23)21-14-5-7-15(26-3)8-6-14)22-27(24,25)11-12-10-13(20)4-9-16(12)19/h4-10,22H,11H2,1-3H3,(H,21,23). The van der Waals surface area contributed by atoms with E-state index in [9.17, 15) is 17.6 Å². The lowest BCUT2D eigenvalue weighted by Gasteiger charge is -2.25. The number of sulfonamides is 1. The average molecular weight is 415 g/mol. The van der Waals surface area contributed by atoms with E-state index in [-0.39, 0.29) is 10.6 Å². The highest BCUT2D eigenvalue weighted by molar-refractivity contribution is 7.88. The number of rotatable bonds is 7. The van der Waals surface area contributed by atoms with Gasteiger partial charge in [0.05, 0.1) is 12.9 Å². The van der Waals surface area contributed by atoms with Gasteiger partial charge in [0.15, 0.2) is 0 Å². The Hall–Kier alpha value is -2.16. The lowest BCUT2D eigenvalue weighted by molar-refractivity contribution is -0.120. The molecule has 0 saturated heterocycles. The number of hydrogen-bond acceptors (Lipinski definition) is 4. The third-order valence-electron chi connectivity index (χ3n) is 3.68. The molecule has 0 heterocycles. The average Bonchev–Trinajstić information content (AvgIpc) is 2.57. The number of amides is 1. The molecule has 2 aromatic rings. The molecule has 1 amide bonds. The minimum Gasteiger partial charge on any atom is -0.497 e. The molecular weight excluding hydrogens is 395 g/mol. The van der Waals surface area contributed by atoms with Crippen molar-refractivity contribution in [3.05, 3.63) is 58.9 Å². The van der Waals surface area contributed by atoms with Crippen LogP contribution in [0, 0.1) is 5.82 Å². The number of anilines is 1. The van der Waals surface area contributed by atoms with Gasteiger partial charge in [0, 0.05) is 10.7 Å². The number of halogens is 2. The van der Waals surface area contributed by atoms with Crippen molar-refractivity contribution in [3.63, 3.8) is 0 Å². The van der Waals surface area contributed by atoms with E-state index in [4.69, 9.17) is 16.3 Å². The summed E-state index contributed by atoms with van der Waals surface area (Å²) in [6, 6.07) is 10.1. The normalized spacial score (nSPS) is 11.9. The molecule has 0 aliphatic carbocycles. The first-order valence-corrected chi connectivity index (χ1v) is 9.96. The van der Waals surface area contributed by atoms with Crippen molar-refractivity contribution < 1.29 is 22.3 Å². The summed E-state index contributed by atoms with van der Waals surface area (Å²) in [6.45, 7) is 2.85. The molecule has 0 saturated carbocycles. The molecule has 0 aromatic heterocycles. The van der Waals surface area contributed by atoms with E-state index in [1.54, 1.807) is 24.3 Å². The fraction of sp³-hybridized carbons (Fsp3) is 0.278. The van der Waals surface area contributed by atoms with Crippen molar-refractivity contribution in [1.29, 1.82) is 0 Å². The van der Waals surface area contributed by atoms with E-state index in [1.165, 1.54) is 27.0 Å². The smallest absolute Gasteiger partial charge is 0.245 e. The van der Waals surface area contributed by atoms with Crippen LogP contribution in [0.2, 0.25) is 5.02 Å². The Morgan fingerprint density at radius 2 is 1.81 bits per heavy atom. The second-order valence-corrected chi connectivity index (χ2v) is 8.53. The SMILES string of the molecule is COc1ccc(NC(=O)C(C)(C)NS(=O)(=O)Cc2cc(F)ccc2Cl)cc1.